The van der Waals surface area contributed by atoms with Crippen LogP contribution in [0.15, 0.2) is 36.5 Å². The Balaban J connectivity index is 1.69. The zero-order chi connectivity index (χ0) is 14.7. The van der Waals surface area contributed by atoms with Crippen LogP contribution < -0.4 is 10.6 Å². The molecule has 2 amide bonds. The van der Waals surface area contributed by atoms with Gasteiger partial charge in [-0.3, -0.25) is 14.7 Å². The van der Waals surface area contributed by atoms with Gasteiger partial charge in [0.2, 0.25) is 11.8 Å². The topological polar surface area (TPSA) is 86.9 Å². The van der Waals surface area contributed by atoms with Crippen molar-refractivity contribution in [3.05, 3.63) is 36.5 Å². The number of amides is 2. The van der Waals surface area contributed by atoms with E-state index in [-0.39, 0.29) is 17.7 Å². The molecule has 1 fully saturated rings. The van der Waals surface area contributed by atoms with Crippen LogP contribution in [0.5, 0.6) is 0 Å². The maximum Gasteiger partial charge on any atom is 0.229 e. The molecule has 0 radical (unpaired) electrons. The lowest BCUT2D eigenvalue weighted by Crippen LogP contribution is -2.40. The zero-order valence-electron chi connectivity index (χ0n) is 11.4. The minimum Gasteiger partial charge on any atom is -0.355 e. The molecule has 1 saturated heterocycles. The Morgan fingerprint density at radius 1 is 1.33 bits per heavy atom. The van der Waals surface area contributed by atoms with Crippen LogP contribution in [0.25, 0.3) is 11.3 Å². The molecule has 1 aromatic heterocycles. The Morgan fingerprint density at radius 3 is 2.95 bits per heavy atom. The molecule has 1 aliphatic heterocycles. The highest BCUT2D eigenvalue weighted by Gasteiger charge is 2.24. The summed E-state index contributed by atoms with van der Waals surface area (Å²) in [4.78, 5) is 23.3. The van der Waals surface area contributed by atoms with Crippen molar-refractivity contribution in [3.8, 4) is 11.3 Å². The summed E-state index contributed by atoms with van der Waals surface area (Å²) in [6.45, 7) is 0.408. The van der Waals surface area contributed by atoms with Crippen LogP contribution in [0, 0.1) is 5.92 Å². The number of hydrogen-bond donors (Lipinski definition) is 3. The summed E-state index contributed by atoms with van der Waals surface area (Å²) in [5.74, 6) is -0.212. The van der Waals surface area contributed by atoms with Gasteiger partial charge in [0.15, 0.2) is 0 Å². The first-order valence-corrected chi connectivity index (χ1v) is 6.90. The number of H-pyrrole nitrogens is 1. The third-order valence-electron chi connectivity index (χ3n) is 3.58. The number of carbonyl (C=O) groups excluding carboxylic acids is 2. The van der Waals surface area contributed by atoms with Gasteiger partial charge >= 0.3 is 0 Å². The summed E-state index contributed by atoms with van der Waals surface area (Å²) >= 11 is 0. The van der Waals surface area contributed by atoms with Gasteiger partial charge in [0.05, 0.1) is 11.6 Å². The number of carbonyl (C=O) groups is 2. The minimum atomic E-state index is -0.168. The molecular formula is C15H16N4O2. The van der Waals surface area contributed by atoms with Gasteiger partial charge in [-0.15, -0.1) is 0 Å². The van der Waals surface area contributed by atoms with Crippen molar-refractivity contribution in [2.45, 2.75) is 12.8 Å². The van der Waals surface area contributed by atoms with Gasteiger partial charge in [-0.25, -0.2) is 0 Å². The molecule has 2 heterocycles. The van der Waals surface area contributed by atoms with E-state index in [0.717, 1.165) is 16.9 Å². The summed E-state index contributed by atoms with van der Waals surface area (Å²) in [5.41, 5.74) is 2.60. The number of aromatic nitrogens is 2. The fourth-order valence-corrected chi connectivity index (χ4v) is 2.38. The number of nitrogens with zero attached hydrogens (tertiary/aromatic N) is 1. The number of benzene rings is 1. The molecule has 1 aromatic carbocycles. The SMILES string of the molecule is O=C1CCC(C(=O)Nc2cccc(-c3ccn[nH]3)c2)CN1. The fraction of sp³-hybridized carbons (Fsp3) is 0.267. The van der Waals surface area contributed by atoms with Crippen LogP contribution in [-0.4, -0.2) is 28.6 Å². The fourth-order valence-electron chi connectivity index (χ4n) is 2.38. The molecule has 6 nitrogen and oxygen atoms in total. The number of piperidine rings is 1. The molecule has 6 heteroatoms. The van der Waals surface area contributed by atoms with Gasteiger partial charge in [0.1, 0.15) is 0 Å². The molecule has 3 rings (SSSR count). The van der Waals surface area contributed by atoms with Crippen LogP contribution in [0.3, 0.4) is 0 Å². The van der Waals surface area contributed by atoms with Crippen LogP contribution in [0.4, 0.5) is 5.69 Å². The average molecular weight is 284 g/mol. The third-order valence-corrected chi connectivity index (χ3v) is 3.58. The van der Waals surface area contributed by atoms with E-state index in [1.807, 2.05) is 30.3 Å². The van der Waals surface area contributed by atoms with Gasteiger partial charge in [0, 0.05) is 30.4 Å². The number of aromatic amines is 1. The quantitative estimate of drug-likeness (QED) is 0.799. The number of nitrogens with one attached hydrogen (secondary N) is 3. The van der Waals surface area contributed by atoms with Crippen molar-refractivity contribution < 1.29 is 9.59 Å². The first-order valence-electron chi connectivity index (χ1n) is 6.90. The van der Waals surface area contributed by atoms with Gasteiger partial charge in [0.25, 0.3) is 0 Å². The molecule has 0 saturated carbocycles. The van der Waals surface area contributed by atoms with Crippen LogP contribution in [-0.2, 0) is 9.59 Å². The van der Waals surface area contributed by atoms with Crippen molar-refractivity contribution in [3.63, 3.8) is 0 Å². The largest absolute Gasteiger partial charge is 0.355 e. The zero-order valence-corrected chi connectivity index (χ0v) is 11.4. The van der Waals surface area contributed by atoms with Crippen LogP contribution >= 0.6 is 0 Å². The third kappa shape index (κ3) is 3.10. The Kier molecular flexibility index (Phi) is 3.68. The second-order valence-corrected chi connectivity index (χ2v) is 5.08. The average Bonchev–Trinajstić information content (AvgIpc) is 3.02. The lowest BCUT2D eigenvalue weighted by Gasteiger charge is -2.21. The van der Waals surface area contributed by atoms with Crippen molar-refractivity contribution >= 4 is 17.5 Å². The Bertz CT molecular complexity index is 641. The van der Waals surface area contributed by atoms with Crippen molar-refractivity contribution in [1.82, 2.24) is 15.5 Å². The first-order chi connectivity index (χ1) is 10.2. The van der Waals surface area contributed by atoms with E-state index in [2.05, 4.69) is 20.8 Å². The molecule has 0 aliphatic carbocycles. The van der Waals surface area contributed by atoms with Gasteiger partial charge in [-0.1, -0.05) is 12.1 Å². The van der Waals surface area contributed by atoms with Gasteiger partial charge in [-0.05, 0) is 24.6 Å². The molecule has 0 bridgehead atoms. The van der Waals surface area contributed by atoms with E-state index in [0.29, 0.717) is 19.4 Å². The highest BCUT2D eigenvalue weighted by atomic mass is 16.2. The molecule has 1 atom stereocenters. The van der Waals surface area contributed by atoms with Crippen LogP contribution in [0.2, 0.25) is 0 Å². The number of anilines is 1. The normalized spacial score (nSPS) is 18.1. The number of rotatable bonds is 3. The second-order valence-electron chi connectivity index (χ2n) is 5.08. The van der Waals surface area contributed by atoms with E-state index in [9.17, 15) is 9.59 Å². The van der Waals surface area contributed by atoms with E-state index in [1.165, 1.54) is 0 Å². The highest BCUT2D eigenvalue weighted by Crippen LogP contribution is 2.21. The molecule has 108 valence electrons. The molecular weight excluding hydrogens is 268 g/mol. The summed E-state index contributed by atoms with van der Waals surface area (Å²) in [6, 6.07) is 9.45. The smallest absolute Gasteiger partial charge is 0.229 e. The molecule has 2 aromatic rings. The Morgan fingerprint density at radius 2 is 2.24 bits per heavy atom. The first kappa shape index (κ1) is 13.4. The predicted molar refractivity (Wildman–Crippen MR) is 78.4 cm³/mol. The molecule has 1 unspecified atom stereocenters. The second kappa shape index (κ2) is 5.78. The summed E-state index contributed by atoms with van der Waals surface area (Å²) in [6.07, 6.45) is 2.69. The Hall–Kier alpha value is -2.63. The maximum absolute atomic E-state index is 12.2. The lowest BCUT2D eigenvalue weighted by molar-refractivity contribution is -0.126. The van der Waals surface area contributed by atoms with E-state index in [1.54, 1.807) is 6.20 Å². The summed E-state index contributed by atoms with van der Waals surface area (Å²) in [5, 5.41) is 12.4. The van der Waals surface area contributed by atoms with Crippen molar-refractivity contribution in [2.24, 2.45) is 5.92 Å². The number of hydrogen-bond acceptors (Lipinski definition) is 3. The summed E-state index contributed by atoms with van der Waals surface area (Å²) < 4.78 is 0. The van der Waals surface area contributed by atoms with Gasteiger partial charge < -0.3 is 10.6 Å². The molecule has 21 heavy (non-hydrogen) atoms. The maximum atomic E-state index is 12.2. The van der Waals surface area contributed by atoms with E-state index < -0.39 is 0 Å². The predicted octanol–water partition coefficient (Wildman–Crippen LogP) is 1.54. The van der Waals surface area contributed by atoms with Gasteiger partial charge in [-0.2, -0.15) is 5.10 Å². The Labute approximate surface area is 121 Å². The molecule has 0 spiro atoms. The molecule has 1 aliphatic rings. The monoisotopic (exact) mass is 284 g/mol. The summed E-state index contributed by atoms with van der Waals surface area (Å²) in [7, 11) is 0. The standard InChI is InChI=1S/C15H16N4O2/c20-14-5-4-11(9-16-14)15(21)18-12-3-1-2-10(8-12)13-6-7-17-19-13/h1-3,6-8,11H,4-5,9H2,(H,16,20)(H,17,19)(H,18,21). The highest BCUT2D eigenvalue weighted by molar-refractivity contribution is 5.94. The lowest BCUT2D eigenvalue weighted by atomic mass is 9.98. The molecule has 3 N–H and O–H groups in total. The van der Waals surface area contributed by atoms with Crippen LogP contribution in [0.1, 0.15) is 12.8 Å². The van der Waals surface area contributed by atoms with Crippen molar-refractivity contribution in [1.29, 1.82) is 0 Å². The van der Waals surface area contributed by atoms with E-state index in [4.69, 9.17) is 0 Å². The minimum absolute atomic E-state index is 0.0142. The van der Waals surface area contributed by atoms with E-state index >= 15 is 0 Å². The van der Waals surface area contributed by atoms with Crippen molar-refractivity contribution in [2.75, 3.05) is 11.9 Å².